The number of nitrogens with one attached hydrogen (secondary N) is 4. The number of carbonyl (C=O) groups excluding carboxylic acids is 11. The fourth-order valence-corrected chi connectivity index (χ4v) is 9.73. The molecular weight excluding hydrogens is 1030 g/mol. The first-order chi connectivity index (χ1) is 36.9. The Bertz CT molecular complexity index is 2210. The van der Waals surface area contributed by atoms with Gasteiger partial charge in [-0.2, -0.15) is 0 Å². The zero-order chi connectivity index (χ0) is 62.1. The summed E-state index contributed by atoms with van der Waals surface area (Å²) in [4.78, 5) is 164. The van der Waals surface area contributed by atoms with Crippen molar-refractivity contribution in [3.05, 3.63) is 12.2 Å². The average Bonchev–Trinajstić information content (AvgIpc) is 3.36. The highest BCUT2D eigenvalue weighted by Gasteiger charge is 2.45. The Balaban J connectivity index is 4.18. The molecule has 24 heteroatoms. The summed E-state index contributed by atoms with van der Waals surface area (Å²) in [6.07, 6.45) is 1.09. The van der Waals surface area contributed by atoms with Gasteiger partial charge < -0.3 is 65.8 Å². The summed E-state index contributed by atoms with van der Waals surface area (Å²) < 4.78 is 0. The minimum atomic E-state index is -1.63. The zero-order valence-corrected chi connectivity index (χ0v) is 51.7. The van der Waals surface area contributed by atoms with Crippen LogP contribution in [0.3, 0.4) is 0 Å². The lowest BCUT2D eigenvalue weighted by atomic mass is 9.91. The number of amides is 11. The highest BCUT2D eigenvalue weighted by Crippen LogP contribution is 2.25. The van der Waals surface area contributed by atoms with Gasteiger partial charge in [-0.1, -0.05) is 81.4 Å². The molecule has 0 saturated carbocycles. The second kappa shape index (κ2) is 32.3. The van der Waals surface area contributed by atoms with Crippen molar-refractivity contribution in [2.45, 2.75) is 189 Å². The summed E-state index contributed by atoms with van der Waals surface area (Å²) >= 11 is 0. The SMILES string of the molecule is C/C=C/C[C@@H](C)[C@@H](O)[C@H]1C(=O)N[C@@H](CC)C(=O)N(C)CC(=O)N(C)C([C@@H](C)O)C(=O)N[C@@H](C(C)C)C(=O)N(C)CC(=O)N[C@@H](C)C(=O)N[C@H](C)C(=O)N(C)[C@@H](CC(C)C)C(=O)N(C)[C@H](CC(C)C)C(=O)N(C)[C@@H](C(C)C)C(=O)N1C. The quantitative estimate of drug-likeness (QED) is 0.143. The van der Waals surface area contributed by atoms with Crippen LogP contribution in [0.4, 0.5) is 0 Å². The van der Waals surface area contributed by atoms with Crippen LogP contribution in [0, 0.1) is 29.6 Å². The number of hydrogen-bond donors (Lipinski definition) is 6. The van der Waals surface area contributed by atoms with E-state index in [0.717, 1.165) is 19.6 Å². The number of aliphatic hydroxyl groups excluding tert-OH is 2. The van der Waals surface area contributed by atoms with Crippen molar-refractivity contribution in [3.8, 4) is 0 Å². The summed E-state index contributed by atoms with van der Waals surface area (Å²) in [5.41, 5.74) is 0. The monoisotopic (exact) mass is 1130 g/mol. The zero-order valence-electron chi connectivity index (χ0n) is 51.7. The molecule has 1 fully saturated rings. The normalized spacial score (nSPS) is 27.2. The highest BCUT2D eigenvalue weighted by molar-refractivity contribution is 5.99. The third-order valence-corrected chi connectivity index (χ3v) is 14.7. The third kappa shape index (κ3) is 19.5. The molecule has 0 aromatic carbocycles. The summed E-state index contributed by atoms with van der Waals surface area (Å²) in [7, 11) is 9.43. The van der Waals surface area contributed by atoms with Crippen molar-refractivity contribution < 1.29 is 63.0 Å². The molecule has 80 heavy (non-hydrogen) atoms. The maximum atomic E-state index is 15.0. The molecule has 1 aliphatic rings. The molecule has 0 radical (unpaired) electrons. The van der Waals surface area contributed by atoms with Crippen molar-refractivity contribution in [1.82, 2.24) is 55.6 Å². The van der Waals surface area contributed by atoms with Crippen molar-refractivity contribution in [3.63, 3.8) is 0 Å². The lowest BCUT2D eigenvalue weighted by Gasteiger charge is -2.41. The lowest BCUT2D eigenvalue weighted by molar-refractivity contribution is -0.157. The molecule has 0 aromatic rings. The summed E-state index contributed by atoms with van der Waals surface area (Å²) in [6, 6.07) is -11.8. The van der Waals surface area contributed by atoms with Crippen LogP contribution in [0.25, 0.3) is 0 Å². The van der Waals surface area contributed by atoms with Crippen molar-refractivity contribution in [2.75, 3.05) is 62.4 Å². The van der Waals surface area contributed by atoms with Gasteiger partial charge in [-0.25, -0.2) is 0 Å². The number of hydrogen-bond acceptors (Lipinski definition) is 13. The number of carbonyl (C=O) groups is 11. The van der Waals surface area contributed by atoms with Crippen LogP contribution in [0.2, 0.25) is 0 Å². The minimum Gasteiger partial charge on any atom is -0.391 e. The largest absolute Gasteiger partial charge is 0.391 e. The van der Waals surface area contributed by atoms with Crippen molar-refractivity contribution in [2.24, 2.45) is 29.6 Å². The molecule has 0 spiro atoms. The van der Waals surface area contributed by atoms with Crippen LogP contribution in [0.1, 0.15) is 123 Å². The van der Waals surface area contributed by atoms with Crippen LogP contribution in [0.5, 0.6) is 0 Å². The standard InChI is InChI=1S/C56H99N11O13/c1-22-24-25-34(11)47(71)46-50(74)59-38(23-2)52(76)62(16)29-42(70)65(19)45(37(14)68)49(73)60-43(32(7)8)55(79)61(15)28-41(69)57-35(12)48(72)58-36(13)51(75)63(17)39(26-30(3)4)53(77)64(18)40(27-31(5)6)54(78)66(20)44(33(9)10)56(80)67(46)21/h22,24,30-40,43-47,68,71H,23,25-29H2,1-21H3,(H,57,69)(H,58,72)(H,59,74)(H,60,73)/b24-22+/t34-,35+,36-,37-,38+,39+,40-,43+,44+,45?,46+,47-/m1/s1. The van der Waals surface area contributed by atoms with Crippen LogP contribution >= 0.6 is 0 Å². The molecule has 24 nitrogen and oxygen atoms in total. The Morgan fingerprint density at radius 1 is 0.512 bits per heavy atom. The van der Waals surface area contributed by atoms with Crippen LogP contribution in [0.15, 0.2) is 12.2 Å². The number of aliphatic hydroxyl groups is 2. The van der Waals surface area contributed by atoms with E-state index in [0.29, 0.717) is 6.42 Å². The second-order valence-corrected chi connectivity index (χ2v) is 23.3. The molecular formula is C56H99N11O13. The fourth-order valence-electron chi connectivity index (χ4n) is 9.73. The van der Waals surface area contributed by atoms with E-state index in [1.54, 1.807) is 60.6 Å². The van der Waals surface area contributed by atoms with Gasteiger partial charge in [-0.3, -0.25) is 52.7 Å². The van der Waals surface area contributed by atoms with Gasteiger partial charge in [-0.15, -0.1) is 0 Å². The highest BCUT2D eigenvalue weighted by atomic mass is 16.3. The summed E-state index contributed by atoms with van der Waals surface area (Å²) in [5, 5.41) is 33.3. The fraction of sp³-hybridized carbons (Fsp3) is 0.768. The van der Waals surface area contributed by atoms with E-state index in [1.807, 2.05) is 27.7 Å². The lowest BCUT2D eigenvalue weighted by Crippen LogP contribution is -2.63. The Kier molecular flexibility index (Phi) is 29.0. The summed E-state index contributed by atoms with van der Waals surface area (Å²) in [5.74, 6) is -10.4. The second-order valence-electron chi connectivity index (χ2n) is 23.3. The van der Waals surface area contributed by atoms with E-state index in [4.69, 9.17) is 0 Å². The first kappa shape index (κ1) is 71.8. The topological polar surface area (TPSA) is 299 Å². The van der Waals surface area contributed by atoms with Gasteiger partial charge in [0.2, 0.25) is 65.0 Å². The Labute approximate surface area is 475 Å². The predicted molar refractivity (Wildman–Crippen MR) is 302 cm³/mol. The van der Waals surface area contributed by atoms with Crippen molar-refractivity contribution in [1.29, 1.82) is 0 Å². The number of likely N-dealkylation sites (N-methyl/N-ethyl adjacent to an activating group) is 7. The molecule has 11 amide bonds. The van der Waals surface area contributed by atoms with Gasteiger partial charge in [0.1, 0.15) is 54.4 Å². The molecule has 6 N–H and O–H groups in total. The van der Waals surface area contributed by atoms with Gasteiger partial charge >= 0.3 is 0 Å². The number of rotatable bonds is 12. The first-order valence-electron chi connectivity index (χ1n) is 27.9. The molecule has 0 aliphatic carbocycles. The molecule has 1 rings (SSSR count). The maximum Gasteiger partial charge on any atom is 0.246 e. The van der Waals surface area contributed by atoms with Crippen LogP contribution in [-0.2, 0) is 52.7 Å². The van der Waals surface area contributed by atoms with E-state index in [2.05, 4.69) is 21.3 Å². The molecule has 0 bridgehead atoms. The molecule has 1 heterocycles. The Morgan fingerprint density at radius 2 is 0.988 bits per heavy atom. The third-order valence-electron chi connectivity index (χ3n) is 14.7. The van der Waals surface area contributed by atoms with E-state index in [-0.39, 0.29) is 31.1 Å². The summed E-state index contributed by atoms with van der Waals surface area (Å²) in [6.45, 7) is 22.0. The molecule has 12 atom stereocenters. The molecule has 1 saturated heterocycles. The minimum absolute atomic E-state index is 0.0165. The van der Waals surface area contributed by atoms with Crippen LogP contribution in [-0.4, -0.2) is 238 Å². The van der Waals surface area contributed by atoms with Gasteiger partial charge in [0.15, 0.2) is 0 Å². The smallest absolute Gasteiger partial charge is 0.246 e. The molecule has 456 valence electrons. The van der Waals surface area contributed by atoms with Gasteiger partial charge in [-0.05, 0) is 83.0 Å². The number of nitrogens with zero attached hydrogens (tertiary/aromatic N) is 7. The van der Waals surface area contributed by atoms with Gasteiger partial charge in [0.25, 0.3) is 0 Å². The van der Waals surface area contributed by atoms with Crippen molar-refractivity contribution >= 4 is 65.0 Å². The van der Waals surface area contributed by atoms with E-state index in [9.17, 15) is 53.4 Å². The number of allylic oxidation sites excluding steroid dienone is 2. The van der Waals surface area contributed by atoms with Gasteiger partial charge in [0, 0.05) is 49.3 Å². The average molecular weight is 1130 g/mol. The molecule has 1 unspecified atom stereocenters. The van der Waals surface area contributed by atoms with E-state index in [1.165, 1.54) is 84.8 Å². The van der Waals surface area contributed by atoms with E-state index < -0.39 is 162 Å². The Hall–Kier alpha value is -6.17. The van der Waals surface area contributed by atoms with Crippen LogP contribution < -0.4 is 21.3 Å². The molecule has 1 aliphatic heterocycles. The van der Waals surface area contributed by atoms with Gasteiger partial charge in [0.05, 0.1) is 25.3 Å². The van der Waals surface area contributed by atoms with E-state index >= 15 is 9.59 Å². The Morgan fingerprint density at radius 3 is 1.45 bits per heavy atom. The first-order valence-corrected chi connectivity index (χ1v) is 27.9. The maximum absolute atomic E-state index is 15.0. The molecule has 0 aromatic heterocycles. The predicted octanol–water partition coefficient (Wildman–Crippen LogP) is 0.189.